The number of rotatable bonds is 8. The average Bonchev–Trinajstić information content (AvgIpc) is 2.38. The molecular weight excluding hydrogens is 242 g/mol. The van der Waals surface area contributed by atoms with Crippen molar-refractivity contribution in [3.63, 3.8) is 0 Å². The zero-order valence-corrected chi connectivity index (χ0v) is 12.0. The summed E-state index contributed by atoms with van der Waals surface area (Å²) in [5, 5.41) is 14.3. The predicted octanol–water partition coefficient (Wildman–Crippen LogP) is 4.07. The standard InChI is InChI=1S/C14H23N3O2/c1-4-6-8-12(7-5-2)16-14-13(17(18)19)9-11(3)10-15-14/h9-10,12H,4-8H2,1-3H3,(H,15,16). The molecule has 0 fully saturated rings. The van der Waals surface area contributed by atoms with Gasteiger partial charge in [0, 0.05) is 18.3 Å². The molecule has 1 aromatic heterocycles. The van der Waals surface area contributed by atoms with E-state index in [0.717, 1.165) is 37.7 Å². The van der Waals surface area contributed by atoms with Crippen LogP contribution in [-0.4, -0.2) is 15.9 Å². The van der Waals surface area contributed by atoms with Gasteiger partial charge in [0.1, 0.15) is 0 Å². The quantitative estimate of drug-likeness (QED) is 0.568. The van der Waals surface area contributed by atoms with Crippen molar-refractivity contribution >= 4 is 11.5 Å². The molecule has 0 saturated heterocycles. The van der Waals surface area contributed by atoms with E-state index in [-0.39, 0.29) is 16.7 Å². The SMILES string of the molecule is CCCCC(CCC)Nc1ncc(C)cc1[N+](=O)[O-]. The molecule has 5 nitrogen and oxygen atoms in total. The highest BCUT2D eigenvalue weighted by Gasteiger charge is 2.18. The van der Waals surface area contributed by atoms with Gasteiger partial charge in [0.25, 0.3) is 0 Å². The van der Waals surface area contributed by atoms with E-state index in [2.05, 4.69) is 24.1 Å². The van der Waals surface area contributed by atoms with Gasteiger partial charge in [0.2, 0.25) is 5.82 Å². The molecule has 1 aromatic rings. The molecule has 0 bridgehead atoms. The second-order valence-corrected chi connectivity index (χ2v) is 4.91. The monoisotopic (exact) mass is 265 g/mol. The third-order valence-corrected chi connectivity index (χ3v) is 3.09. The van der Waals surface area contributed by atoms with Crippen molar-refractivity contribution < 1.29 is 4.92 Å². The molecule has 0 spiro atoms. The van der Waals surface area contributed by atoms with Crippen molar-refractivity contribution in [2.24, 2.45) is 0 Å². The summed E-state index contributed by atoms with van der Waals surface area (Å²) in [7, 11) is 0. The summed E-state index contributed by atoms with van der Waals surface area (Å²) < 4.78 is 0. The van der Waals surface area contributed by atoms with Gasteiger partial charge >= 0.3 is 5.69 Å². The molecule has 0 saturated carbocycles. The predicted molar refractivity (Wildman–Crippen MR) is 77.5 cm³/mol. The molecule has 1 rings (SSSR count). The van der Waals surface area contributed by atoms with Crippen molar-refractivity contribution in [3.8, 4) is 0 Å². The lowest BCUT2D eigenvalue weighted by atomic mass is 10.1. The molecule has 106 valence electrons. The first-order valence-corrected chi connectivity index (χ1v) is 6.96. The molecule has 1 unspecified atom stereocenters. The van der Waals surface area contributed by atoms with E-state index in [0.29, 0.717) is 5.82 Å². The number of nitrogens with zero attached hydrogens (tertiary/aromatic N) is 2. The summed E-state index contributed by atoms with van der Waals surface area (Å²) in [5.74, 6) is 0.394. The van der Waals surface area contributed by atoms with Crippen LogP contribution in [0.4, 0.5) is 11.5 Å². The van der Waals surface area contributed by atoms with Gasteiger partial charge < -0.3 is 5.32 Å². The van der Waals surface area contributed by atoms with E-state index in [1.165, 1.54) is 0 Å². The van der Waals surface area contributed by atoms with E-state index < -0.39 is 0 Å². The molecule has 1 heterocycles. The molecule has 0 aromatic carbocycles. The Kier molecular flexibility index (Phi) is 6.25. The molecular formula is C14H23N3O2. The second kappa shape index (κ2) is 7.71. The van der Waals surface area contributed by atoms with Gasteiger partial charge in [-0.3, -0.25) is 10.1 Å². The third kappa shape index (κ3) is 4.85. The summed E-state index contributed by atoms with van der Waals surface area (Å²) in [6.07, 6.45) is 7.01. The Balaban J connectivity index is 2.85. The van der Waals surface area contributed by atoms with Crippen molar-refractivity contribution in [2.45, 2.75) is 58.9 Å². The summed E-state index contributed by atoms with van der Waals surface area (Å²) in [4.78, 5) is 14.9. The van der Waals surface area contributed by atoms with E-state index >= 15 is 0 Å². The van der Waals surface area contributed by atoms with Crippen LogP contribution in [0.5, 0.6) is 0 Å². The normalized spacial score (nSPS) is 12.2. The number of aryl methyl sites for hydroxylation is 1. The summed E-state index contributed by atoms with van der Waals surface area (Å²) in [6.45, 7) is 6.08. The largest absolute Gasteiger partial charge is 0.362 e. The molecule has 0 radical (unpaired) electrons. The Morgan fingerprint density at radius 2 is 2.11 bits per heavy atom. The minimum absolute atomic E-state index is 0.0672. The molecule has 0 aliphatic heterocycles. The van der Waals surface area contributed by atoms with Gasteiger partial charge in [-0.1, -0.05) is 33.1 Å². The Morgan fingerprint density at radius 3 is 2.68 bits per heavy atom. The summed E-state index contributed by atoms with van der Waals surface area (Å²) in [5.41, 5.74) is 0.871. The van der Waals surface area contributed by atoms with E-state index in [1.54, 1.807) is 12.3 Å². The van der Waals surface area contributed by atoms with Gasteiger partial charge in [0.15, 0.2) is 0 Å². The lowest BCUT2D eigenvalue weighted by molar-refractivity contribution is -0.384. The van der Waals surface area contributed by atoms with Crippen LogP contribution in [-0.2, 0) is 0 Å². The van der Waals surface area contributed by atoms with Crippen molar-refractivity contribution in [2.75, 3.05) is 5.32 Å². The first kappa shape index (κ1) is 15.4. The number of nitrogens with one attached hydrogen (secondary N) is 1. The van der Waals surface area contributed by atoms with E-state index in [1.807, 2.05) is 6.92 Å². The van der Waals surface area contributed by atoms with Crippen LogP contribution in [0.3, 0.4) is 0 Å². The summed E-state index contributed by atoms with van der Waals surface area (Å²) in [6, 6.07) is 1.83. The van der Waals surface area contributed by atoms with Gasteiger partial charge in [-0.2, -0.15) is 0 Å². The van der Waals surface area contributed by atoms with Crippen molar-refractivity contribution in [3.05, 3.63) is 27.9 Å². The number of aromatic nitrogens is 1. The van der Waals surface area contributed by atoms with Crippen LogP contribution in [0.15, 0.2) is 12.3 Å². The van der Waals surface area contributed by atoms with Gasteiger partial charge in [0.05, 0.1) is 4.92 Å². The summed E-state index contributed by atoms with van der Waals surface area (Å²) >= 11 is 0. The number of unbranched alkanes of at least 4 members (excludes halogenated alkanes) is 1. The molecule has 0 aliphatic carbocycles. The lowest BCUT2D eigenvalue weighted by Crippen LogP contribution is -2.20. The number of nitro groups is 1. The van der Waals surface area contributed by atoms with Crippen LogP contribution in [0.2, 0.25) is 0 Å². The van der Waals surface area contributed by atoms with Crippen molar-refractivity contribution in [1.82, 2.24) is 4.98 Å². The maximum Gasteiger partial charge on any atom is 0.311 e. The Labute approximate surface area is 114 Å². The Bertz CT molecular complexity index is 421. The highest BCUT2D eigenvalue weighted by atomic mass is 16.6. The first-order valence-electron chi connectivity index (χ1n) is 6.96. The zero-order valence-electron chi connectivity index (χ0n) is 12.0. The third-order valence-electron chi connectivity index (χ3n) is 3.09. The van der Waals surface area contributed by atoms with Crippen LogP contribution < -0.4 is 5.32 Å². The van der Waals surface area contributed by atoms with Crippen molar-refractivity contribution in [1.29, 1.82) is 0 Å². The van der Waals surface area contributed by atoms with Gasteiger partial charge in [-0.25, -0.2) is 4.98 Å². The number of hydrogen-bond acceptors (Lipinski definition) is 4. The Morgan fingerprint density at radius 1 is 1.37 bits per heavy atom. The van der Waals surface area contributed by atoms with Gasteiger partial charge in [-0.05, 0) is 25.3 Å². The molecule has 1 N–H and O–H groups in total. The molecule has 0 aliphatic rings. The fourth-order valence-electron chi connectivity index (χ4n) is 2.09. The maximum atomic E-state index is 11.1. The highest BCUT2D eigenvalue weighted by molar-refractivity contribution is 5.57. The van der Waals surface area contributed by atoms with E-state index in [9.17, 15) is 10.1 Å². The molecule has 1 atom stereocenters. The van der Waals surface area contributed by atoms with Crippen LogP contribution in [0.25, 0.3) is 0 Å². The number of hydrogen-bond donors (Lipinski definition) is 1. The highest BCUT2D eigenvalue weighted by Crippen LogP contribution is 2.24. The van der Waals surface area contributed by atoms with Crippen LogP contribution in [0, 0.1) is 17.0 Å². The second-order valence-electron chi connectivity index (χ2n) is 4.91. The maximum absolute atomic E-state index is 11.1. The molecule has 19 heavy (non-hydrogen) atoms. The average molecular weight is 265 g/mol. The Hall–Kier alpha value is -1.65. The number of anilines is 1. The van der Waals surface area contributed by atoms with Crippen LogP contribution >= 0.6 is 0 Å². The topological polar surface area (TPSA) is 68.1 Å². The molecule has 5 heteroatoms. The minimum atomic E-state index is -0.370. The van der Waals surface area contributed by atoms with Crippen LogP contribution in [0.1, 0.15) is 51.5 Å². The zero-order chi connectivity index (χ0) is 14.3. The smallest absolute Gasteiger partial charge is 0.311 e. The molecule has 0 amide bonds. The fourth-order valence-corrected chi connectivity index (χ4v) is 2.09. The van der Waals surface area contributed by atoms with Gasteiger partial charge in [-0.15, -0.1) is 0 Å². The minimum Gasteiger partial charge on any atom is -0.362 e. The lowest BCUT2D eigenvalue weighted by Gasteiger charge is -2.18. The fraction of sp³-hybridized carbons (Fsp3) is 0.643. The number of pyridine rings is 1. The first-order chi connectivity index (χ1) is 9.08. The van der Waals surface area contributed by atoms with E-state index in [4.69, 9.17) is 0 Å².